The molecule has 0 unspecified atom stereocenters. The van der Waals surface area contributed by atoms with E-state index in [0.717, 1.165) is 5.56 Å². The van der Waals surface area contributed by atoms with E-state index >= 15 is 0 Å². The Balaban J connectivity index is 2.24. The first kappa shape index (κ1) is 18.4. The van der Waals surface area contributed by atoms with Crippen LogP contribution >= 0.6 is 0 Å². The molecule has 0 aliphatic carbocycles. The second-order valence-corrected chi connectivity index (χ2v) is 5.19. The highest BCUT2D eigenvalue weighted by molar-refractivity contribution is 6.08. The van der Waals surface area contributed by atoms with Crippen LogP contribution in [0.3, 0.4) is 0 Å². The minimum absolute atomic E-state index is 0.0682. The average molecular weight is 348 g/mol. The summed E-state index contributed by atoms with van der Waals surface area (Å²) >= 11 is 0. The normalized spacial score (nSPS) is 11.0. The maximum atomic E-state index is 12.4. The molecule has 0 heterocycles. The molecule has 0 saturated carbocycles. The lowest BCUT2D eigenvalue weighted by atomic mass is 10.1. The highest BCUT2D eigenvalue weighted by Crippen LogP contribution is 2.30. The molecule has 2 rings (SSSR count). The standard InChI is InChI=1S/C19H18F2O4/c1-12-4-8-16(23-2)14(10-12)15(22)7-5-13-6-9-17(25-19(20)21)18(11-13)24-3/h4-11,19H,1-3H3/b7-5+. The summed E-state index contributed by atoms with van der Waals surface area (Å²) in [5, 5.41) is 0. The molecule has 0 aliphatic heterocycles. The minimum atomic E-state index is -2.94. The number of alkyl halides is 2. The molecule has 2 aromatic carbocycles. The van der Waals surface area contributed by atoms with Gasteiger partial charge in [-0.1, -0.05) is 23.8 Å². The van der Waals surface area contributed by atoms with Crippen LogP contribution in [0.15, 0.2) is 42.5 Å². The van der Waals surface area contributed by atoms with Gasteiger partial charge in [-0.3, -0.25) is 4.79 Å². The highest BCUT2D eigenvalue weighted by Gasteiger charge is 2.12. The first-order valence-electron chi connectivity index (χ1n) is 7.44. The number of ether oxygens (including phenoxy) is 3. The maximum Gasteiger partial charge on any atom is 0.387 e. The molecule has 0 bridgehead atoms. The molecular weight excluding hydrogens is 330 g/mol. The lowest BCUT2D eigenvalue weighted by Gasteiger charge is -2.10. The van der Waals surface area contributed by atoms with Crippen molar-refractivity contribution in [1.82, 2.24) is 0 Å². The number of allylic oxidation sites excluding steroid dienone is 1. The molecule has 0 fully saturated rings. The number of methoxy groups -OCH3 is 2. The van der Waals surface area contributed by atoms with Crippen LogP contribution in [0.25, 0.3) is 6.08 Å². The smallest absolute Gasteiger partial charge is 0.387 e. The van der Waals surface area contributed by atoms with Gasteiger partial charge in [0, 0.05) is 0 Å². The zero-order valence-electron chi connectivity index (χ0n) is 14.1. The van der Waals surface area contributed by atoms with E-state index in [1.807, 2.05) is 13.0 Å². The number of hydrogen-bond donors (Lipinski definition) is 0. The molecule has 0 aliphatic rings. The van der Waals surface area contributed by atoms with Crippen molar-refractivity contribution < 1.29 is 27.8 Å². The van der Waals surface area contributed by atoms with Crippen LogP contribution in [0.2, 0.25) is 0 Å². The van der Waals surface area contributed by atoms with Gasteiger partial charge in [-0.25, -0.2) is 0 Å². The molecule has 0 radical (unpaired) electrons. The van der Waals surface area contributed by atoms with E-state index in [-0.39, 0.29) is 17.3 Å². The van der Waals surface area contributed by atoms with Gasteiger partial charge in [0.15, 0.2) is 17.3 Å². The van der Waals surface area contributed by atoms with Gasteiger partial charge in [0.25, 0.3) is 0 Å². The fraction of sp³-hybridized carbons (Fsp3) is 0.211. The van der Waals surface area contributed by atoms with Crippen LogP contribution in [0.5, 0.6) is 17.2 Å². The lowest BCUT2D eigenvalue weighted by molar-refractivity contribution is -0.0512. The van der Waals surface area contributed by atoms with E-state index < -0.39 is 6.61 Å². The van der Waals surface area contributed by atoms with Gasteiger partial charge < -0.3 is 14.2 Å². The van der Waals surface area contributed by atoms with Crippen molar-refractivity contribution in [3.63, 3.8) is 0 Å². The summed E-state index contributed by atoms with van der Waals surface area (Å²) in [5.41, 5.74) is 1.99. The van der Waals surface area contributed by atoms with Crippen LogP contribution in [0.4, 0.5) is 8.78 Å². The summed E-state index contributed by atoms with van der Waals surface area (Å²) in [5.74, 6) is 0.343. The summed E-state index contributed by atoms with van der Waals surface area (Å²) in [6, 6.07) is 9.75. The third-order valence-electron chi connectivity index (χ3n) is 3.45. The Bertz CT molecular complexity index is 785. The van der Waals surface area contributed by atoms with Gasteiger partial charge >= 0.3 is 6.61 Å². The lowest BCUT2D eigenvalue weighted by Crippen LogP contribution is -2.03. The summed E-state index contributed by atoms with van der Waals surface area (Å²) < 4.78 is 39.3. The van der Waals surface area contributed by atoms with Crippen molar-refractivity contribution in [2.75, 3.05) is 14.2 Å². The maximum absolute atomic E-state index is 12.4. The van der Waals surface area contributed by atoms with Crippen molar-refractivity contribution in [2.24, 2.45) is 0 Å². The Morgan fingerprint density at radius 3 is 2.32 bits per heavy atom. The Morgan fingerprint density at radius 1 is 1.00 bits per heavy atom. The summed E-state index contributed by atoms with van der Waals surface area (Å²) in [6.07, 6.45) is 2.96. The monoisotopic (exact) mass is 348 g/mol. The van der Waals surface area contributed by atoms with Crippen molar-refractivity contribution in [2.45, 2.75) is 13.5 Å². The number of ketones is 1. The number of carbonyl (C=O) groups is 1. The summed E-state index contributed by atoms with van der Waals surface area (Å²) in [4.78, 5) is 12.4. The van der Waals surface area contributed by atoms with Crippen molar-refractivity contribution in [3.8, 4) is 17.2 Å². The summed E-state index contributed by atoms with van der Waals surface area (Å²) in [6.45, 7) is -1.06. The zero-order chi connectivity index (χ0) is 18.4. The average Bonchev–Trinajstić information content (AvgIpc) is 2.60. The van der Waals surface area contributed by atoms with E-state index in [0.29, 0.717) is 16.9 Å². The number of halogens is 2. The molecule has 4 nitrogen and oxygen atoms in total. The van der Waals surface area contributed by atoms with Gasteiger partial charge in [0.05, 0.1) is 19.8 Å². The van der Waals surface area contributed by atoms with E-state index in [4.69, 9.17) is 9.47 Å². The molecule has 0 saturated heterocycles. The number of hydrogen-bond acceptors (Lipinski definition) is 4. The quantitative estimate of drug-likeness (QED) is 0.545. The van der Waals surface area contributed by atoms with Crippen LogP contribution in [-0.4, -0.2) is 26.6 Å². The molecule has 6 heteroatoms. The van der Waals surface area contributed by atoms with Gasteiger partial charge in [0.2, 0.25) is 0 Å². The summed E-state index contributed by atoms with van der Waals surface area (Å²) in [7, 11) is 2.85. The molecule has 2 aromatic rings. The Hall–Kier alpha value is -2.89. The molecule has 0 N–H and O–H groups in total. The Labute approximate surface area is 144 Å². The topological polar surface area (TPSA) is 44.8 Å². The fourth-order valence-corrected chi connectivity index (χ4v) is 2.26. The first-order valence-corrected chi connectivity index (χ1v) is 7.44. The number of benzene rings is 2. The second kappa shape index (κ2) is 8.28. The van der Waals surface area contributed by atoms with Crippen LogP contribution in [0.1, 0.15) is 21.5 Å². The minimum Gasteiger partial charge on any atom is -0.496 e. The predicted molar refractivity (Wildman–Crippen MR) is 90.7 cm³/mol. The highest BCUT2D eigenvalue weighted by atomic mass is 19.3. The van der Waals surface area contributed by atoms with E-state index in [1.54, 1.807) is 24.3 Å². The van der Waals surface area contributed by atoms with Crippen LogP contribution in [0, 0.1) is 6.92 Å². The van der Waals surface area contributed by atoms with Gasteiger partial charge in [-0.05, 0) is 42.8 Å². The van der Waals surface area contributed by atoms with Gasteiger partial charge in [0.1, 0.15) is 5.75 Å². The predicted octanol–water partition coefficient (Wildman–Crippen LogP) is 4.51. The Kier molecular flexibility index (Phi) is 6.11. The molecule has 0 atom stereocenters. The van der Waals surface area contributed by atoms with E-state index in [1.165, 1.54) is 32.4 Å². The second-order valence-electron chi connectivity index (χ2n) is 5.19. The Morgan fingerprint density at radius 2 is 1.68 bits per heavy atom. The van der Waals surface area contributed by atoms with Crippen molar-refractivity contribution in [3.05, 3.63) is 59.2 Å². The number of carbonyl (C=O) groups excluding carboxylic acids is 1. The van der Waals surface area contributed by atoms with Crippen molar-refractivity contribution >= 4 is 11.9 Å². The SMILES string of the molecule is COc1cc(/C=C/C(=O)c2cc(C)ccc2OC)ccc1OC(F)F. The molecular formula is C19H18F2O4. The molecule has 0 amide bonds. The third-order valence-corrected chi connectivity index (χ3v) is 3.45. The van der Waals surface area contributed by atoms with Gasteiger partial charge in [-0.15, -0.1) is 0 Å². The number of aryl methyl sites for hydroxylation is 1. The fourth-order valence-electron chi connectivity index (χ4n) is 2.26. The van der Waals surface area contributed by atoms with E-state index in [2.05, 4.69) is 4.74 Å². The molecule has 0 spiro atoms. The van der Waals surface area contributed by atoms with Gasteiger partial charge in [-0.2, -0.15) is 8.78 Å². The molecule has 132 valence electrons. The first-order chi connectivity index (χ1) is 11.9. The van der Waals surface area contributed by atoms with Crippen LogP contribution < -0.4 is 14.2 Å². The largest absolute Gasteiger partial charge is 0.496 e. The third kappa shape index (κ3) is 4.79. The van der Waals surface area contributed by atoms with Crippen LogP contribution in [-0.2, 0) is 0 Å². The zero-order valence-corrected chi connectivity index (χ0v) is 14.1. The number of rotatable bonds is 7. The molecule has 25 heavy (non-hydrogen) atoms. The van der Waals surface area contributed by atoms with E-state index in [9.17, 15) is 13.6 Å². The molecule has 0 aromatic heterocycles. The van der Waals surface area contributed by atoms with Crippen molar-refractivity contribution in [1.29, 1.82) is 0 Å².